The second-order valence-electron chi connectivity index (χ2n) is 11.6. The monoisotopic (exact) mass is 523 g/mol. The zero-order chi connectivity index (χ0) is 26.3. The number of nitrogens with one attached hydrogen (secondary N) is 3. The summed E-state index contributed by atoms with van der Waals surface area (Å²) in [5.74, 6) is -1.18. The van der Waals surface area contributed by atoms with E-state index in [1.54, 1.807) is 4.90 Å². The number of nitrogens with zero attached hydrogens (tertiary/aromatic N) is 2. The van der Waals surface area contributed by atoms with Crippen molar-refractivity contribution >= 4 is 17.7 Å². The van der Waals surface area contributed by atoms with Gasteiger partial charge in [-0.15, -0.1) is 0 Å². The summed E-state index contributed by atoms with van der Waals surface area (Å²) in [5.41, 5.74) is -0.869. The third kappa shape index (κ3) is 5.37. The van der Waals surface area contributed by atoms with Gasteiger partial charge >= 0.3 is 0 Å². The molecule has 4 heterocycles. The van der Waals surface area contributed by atoms with Crippen LogP contribution in [0.15, 0.2) is 0 Å². The summed E-state index contributed by atoms with van der Waals surface area (Å²) in [4.78, 5) is 44.4. The van der Waals surface area contributed by atoms with Gasteiger partial charge in [-0.1, -0.05) is 12.8 Å². The number of carbonyl (C=O) groups is 3. The summed E-state index contributed by atoms with van der Waals surface area (Å²) >= 11 is 0. The maximum absolute atomic E-state index is 13.8. The Morgan fingerprint density at radius 2 is 1.65 bits per heavy atom. The van der Waals surface area contributed by atoms with Crippen molar-refractivity contribution in [1.29, 1.82) is 0 Å². The lowest BCUT2D eigenvalue weighted by molar-refractivity contribution is -0.220. The molecule has 2 bridgehead atoms. The first kappa shape index (κ1) is 26.8. The molecule has 0 aromatic carbocycles. The van der Waals surface area contributed by atoms with Crippen molar-refractivity contribution < 1.29 is 34.4 Å². The molecule has 4 aliphatic heterocycles. The van der Waals surface area contributed by atoms with Gasteiger partial charge in [-0.3, -0.25) is 14.4 Å². The van der Waals surface area contributed by atoms with E-state index in [-0.39, 0.29) is 30.8 Å². The first-order valence-corrected chi connectivity index (χ1v) is 13.7. The Morgan fingerprint density at radius 3 is 2.35 bits per heavy atom. The average molecular weight is 524 g/mol. The molecular formula is C25H41N5O7. The minimum atomic E-state index is -1.64. The fraction of sp³-hybridized carbons (Fsp3) is 0.880. The topological polar surface area (TPSA) is 164 Å². The highest BCUT2D eigenvalue weighted by molar-refractivity contribution is 5.90. The maximum Gasteiger partial charge on any atom is 0.252 e. The fourth-order valence-corrected chi connectivity index (χ4v) is 6.72. The lowest BCUT2D eigenvalue weighted by Crippen LogP contribution is -2.66. The molecule has 5 fully saturated rings. The van der Waals surface area contributed by atoms with Gasteiger partial charge in [0.15, 0.2) is 6.10 Å². The Balaban J connectivity index is 1.45. The van der Waals surface area contributed by atoms with Gasteiger partial charge in [0.25, 0.3) is 5.91 Å². The van der Waals surface area contributed by atoms with Gasteiger partial charge in [-0.2, -0.15) is 0 Å². The minimum Gasteiger partial charge on any atom is -0.388 e. The van der Waals surface area contributed by atoms with Crippen LogP contribution >= 0.6 is 0 Å². The fourth-order valence-electron chi connectivity index (χ4n) is 6.72. The van der Waals surface area contributed by atoms with E-state index in [2.05, 4.69) is 20.9 Å². The van der Waals surface area contributed by atoms with E-state index in [4.69, 9.17) is 4.74 Å². The molecule has 7 atom stereocenters. The van der Waals surface area contributed by atoms with Crippen LogP contribution < -0.4 is 16.0 Å². The summed E-state index contributed by atoms with van der Waals surface area (Å²) < 4.78 is 5.77. The SMILES string of the molecule is CN1CCC2(CC1)CC(=O)N1CC[C@@H](NC3CCCC3)[C@H]1C(=O)NC[C@@H]1O[C@H](C(=O)N2)[C@H](O)[C@H](O)[C@H]1O. The Labute approximate surface area is 217 Å². The van der Waals surface area contributed by atoms with Crippen molar-refractivity contribution in [1.82, 2.24) is 25.8 Å². The van der Waals surface area contributed by atoms with Gasteiger partial charge in [0.2, 0.25) is 11.8 Å². The molecule has 4 saturated heterocycles. The summed E-state index contributed by atoms with van der Waals surface area (Å²) in [7, 11) is 1.98. The van der Waals surface area contributed by atoms with Gasteiger partial charge in [0, 0.05) is 38.3 Å². The number of carbonyl (C=O) groups excluding carboxylic acids is 3. The van der Waals surface area contributed by atoms with Crippen molar-refractivity contribution in [2.45, 2.75) is 106 Å². The average Bonchev–Trinajstić information content (AvgIpc) is 3.54. The molecule has 6 N–H and O–H groups in total. The molecule has 0 radical (unpaired) electrons. The number of ether oxygens (including phenoxy) is 1. The second-order valence-corrected chi connectivity index (χ2v) is 11.6. The van der Waals surface area contributed by atoms with Crippen LogP contribution in [0.25, 0.3) is 0 Å². The first-order chi connectivity index (χ1) is 17.7. The van der Waals surface area contributed by atoms with E-state index in [0.29, 0.717) is 44.9 Å². The van der Waals surface area contributed by atoms with E-state index >= 15 is 0 Å². The standard InChI is InChI=1S/C25H41N5O7/c1-29-10-7-25(8-11-29)12-17(31)30-9-6-15(27-14-4-2-3-5-14)18(30)23(35)26-13-16-19(32)20(33)21(34)22(37-16)24(36)28-25/h14-16,18-22,27,32-34H,2-13H2,1H3,(H,26,35)(H,28,36)/t15-,16+,18+,19+,20-,21-,22+/m1/s1. The third-order valence-electron chi connectivity index (χ3n) is 9.06. The van der Waals surface area contributed by atoms with Crippen LogP contribution in [0.1, 0.15) is 51.4 Å². The molecule has 1 spiro atoms. The molecule has 0 aromatic rings. The van der Waals surface area contributed by atoms with Crippen LogP contribution in [-0.4, -0.2) is 130 Å². The molecule has 3 amide bonds. The predicted molar refractivity (Wildman–Crippen MR) is 131 cm³/mol. The van der Waals surface area contributed by atoms with E-state index < -0.39 is 48.0 Å². The van der Waals surface area contributed by atoms with Crippen molar-refractivity contribution in [2.75, 3.05) is 33.2 Å². The molecule has 1 saturated carbocycles. The van der Waals surface area contributed by atoms with Gasteiger partial charge in [0.1, 0.15) is 30.5 Å². The smallest absolute Gasteiger partial charge is 0.252 e. The third-order valence-corrected chi connectivity index (χ3v) is 9.06. The number of hydrogen-bond donors (Lipinski definition) is 6. The van der Waals surface area contributed by atoms with Crippen LogP contribution in [0.5, 0.6) is 0 Å². The van der Waals surface area contributed by atoms with Crippen molar-refractivity contribution in [3.05, 3.63) is 0 Å². The molecular weight excluding hydrogens is 482 g/mol. The molecule has 12 nitrogen and oxygen atoms in total. The van der Waals surface area contributed by atoms with Crippen molar-refractivity contribution in [3.8, 4) is 0 Å². The second kappa shape index (κ2) is 10.7. The number of piperidine rings is 1. The number of fused-ring (bicyclic) bond motifs is 3. The summed E-state index contributed by atoms with van der Waals surface area (Å²) in [6.45, 7) is 1.61. The largest absolute Gasteiger partial charge is 0.388 e. The lowest BCUT2D eigenvalue weighted by atomic mass is 9.83. The summed E-state index contributed by atoms with van der Waals surface area (Å²) in [5, 5.41) is 41.0. The summed E-state index contributed by atoms with van der Waals surface area (Å²) in [6, 6.07) is -0.602. The van der Waals surface area contributed by atoms with Crippen molar-refractivity contribution in [3.63, 3.8) is 0 Å². The molecule has 12 heteroatoms. The molecule has 1 aliphatic carbocycles. The molecule has 0 unspecified atom stereocenters. The Kier molecular flexibility index (Phi) is 7.77. The van der Waals surface area contributed by atoms with E-state index in [0.717, 1.165) is 25.7 Å². The normalized spacial score (nSPS) is 39.9. The number of amides is 3. The quantitative estimate of drug-likeness (QED) is 0.228. The lowest BCUT2D eigenvalue weighted by Gasteiger charge is -2.44. The summed E-state index contributed by atoms with van der Waals surface area (Å²) in [6.07, 6.45) is -1.18. The number of rotatable bonds is 2. The Hall–Kier alpha value is -1.83. The molecule has 37 heavy (non-hydrogen) atoms. The zero-order valence-corrected chi connectivity index (χ0v) is 21.5. The number of hydrogen-bond acceptors (Lipinski definition) is 9. The maximum atomic E-state index is 13.8. The highest BCUT2D eigenvalue weighted by Gasteiger charge is 2.51. The molecule has 5 aliphatic rings. The van der Waals surface area contributed by atoms with Crippen LogP contribution in [0, 0.1) is 0 Å². The Bertz CT molecular complexity index is 875. The zero-order valence-electron chi connectivity index (χ0n) is 21.5. The van der Waals surface area contributed by atoms with Gasteiger partial charge in [0.05, 0.1) is 12.0 Å². The minimum absolute atomic E-state index is 0.0317. The highest BCUT2D eigenvalue weighted by Crippen LogP contribution is 2.31. The van der Waals surface area contributed by atoms with Gasteiger partial charge < -0.3 is 45.8 Å². The Morgan fingerprint density at radius 1 is 0.946 bits per heavy atom. The van der Waals surface area contributed by atoms with Crippen LogP contribution in [-0.2, 0) is 19.1 Å². The van der Waals surface area contributed by atoms with Crippen LogP contribution in [0.2, 0.25) is 0 Å². The number of aliphatic hydroxyl groups excluding tert-OH is 3. The van der Waals surface area contributed by atoms with E-state index in [1.165, 1.54) is 0 Å². The van der Waals surface area contributed by atoms with E-state index in [1.807, 2.05) is 7.05 Å². The number of likely N-dealkylation sites (tertiary alicyclic amines) is 1. The molecule has 5 rings (SSSR count). The van der Waals surface area contributed by atoms with E-state index in [9.17, 15) is 29.7 Å². The molecule has 0 aromatic heterocycles. The van der Waals surface area contributed by atoms with Crippen LogP contribution in [0.3, 0.4) is 0 Å². The predicted octanol–water partition coefficient (Wildman–Crippen LogP) is -2.56. The van der Waals surface area contributed by atoms with Gasteiger partial charge in [-0.05, 0) is 39.2 Å². The van der Waals surface area contributed by atoms with Crippen LogP contribution in [0.4, 0.5) is 0 Å². The van der Waals surface area contributed by atoms with Gasteiger partial charge in [-0.25, -0.2) is 0 Å². The highest BCUT2D eigenvalue weighted by atomic mass is 16.5. The number of aliphatic hydroxyl groups is 3. The molecule has 208 valence electrons. The van der Waals surface area contributed by atoms with Crippen molar-refractivity contribution in [2.24, 2.45) is 0 Å². The first-order valence-electron chi connectivity index (χ1n) is 13.7.